The van der Waals surface area contributed by atoms with Crippen LogP contribution in [-0.2, 0) is 0 Å². The average molecular weight is 293 g/mol. The molecule has 1 aliphatic rings. The first-order chi connectivity index (χ1) is 8.18. The van der Waals surface area contributed by atoms with Crippen molar-refractivity contribution in [2.24, 2.45) is 5.73 Å². The van der Waals surface area contributed by atoms with E-state index in [9.17, 15) is 0 Å². The Morgan fingerprint density at radius 3 is 2.94 bits per heavy atom. The second-order valence-electron chi connectivity index (χ2n) is 4.60. The van der Waals surface area contributed by atoms with Gasteiger partial charge in [0.15, 0.2) is 0 Å². The quantitative estimate of drug-likeness (QED) is 0.946. The molecular weight excluding hydrogens is 280 g/mol. The molecule has 17 heavy (non-hydrogen) atoms. The summed E-state index contributed by atoms with van der Waals surface area (Å²) in [6, 6.07) is 7.86. The van der Waals surface area contributed by atoms with Gasteiger partial charge < -0.3 is 10.5 Å². The van der Waals surface area contributed by atoms with E-state index in [2.05, 4.69) is 20.9 Å². The number of rotatable bonds is 3. The Bertz CT molecular complexity index is 566. The van der Waals surface area contributed by atoms with E-state index in [1.165, 1.54) is 0 Å². The Morgan fingerprint density at radius 1 is 1.35 bits per heavy atom. The number of nitrogens with two attached hydrogens (primary N) is 1. The highest BCUT2D eigenvalue weighted by Gasteiger charge is 2.39. The van der Waals surface area contributed by atoms with Crippen LogP contribution in [0.3, 0.4) is 0 Å². The van der Waals surface area contributed by atoms with E-state index in [4.69, 9.17) is 10.5 Å². The highest BCUT2D eigenvalue weighted by atomic mass is 79.9. The second-order valence-corrected chi connectivity index (χ2v) is 5.45. The summed E-state index contributed by atoms with van der Waals surface area (Å²) in [6.45, 7) is 0.570. The lowest BCUT2D eigenvalue weighted by Gasteiger charge is -2.13. The van der Waals surface area contributed by atoms with Crippen molar-refractivity contribution in [3.8, 4) is 5.75 Å². The largest absolute Gasteiger partial charge is 0.489 e. The first kappa shape index (κ1) is 11.0. The van der Waals surface area contributed by atoms with Gasteiger partial charge in [-0.2, -0.15) is 0 Å². The van der Waals surface area contributed by atoms with Crippen molar-refractivity contribution in [3.63, 3.8) is 0 Å². The third kappa shape index (κ3) is 2.15. The van der Waals surface area contributed by atoms with Crippen molar-refractivity contribution in [2.45, 2.75) is 18.4 Å². The average Bonchev–Trinajstić information content (AvgIpc) is 3.08. The summed E-state index contributed by atoms with van der Waals surface area (Å²) in [4.78, 5) is 4.37. The van der Waals surface area contributed by atoms with E-state index >= 15 is 0 Å². The van der Waals surface area contributed by atoms with Crippen molar-refractivity contribution in [3.05, 3.63) is 34.9 Å². The van der Waals surface area contributed by atoms with Crippen LogP contribution >= 0.6 is 15.9 Å². The zero-order chi connectivity index (χ0) is 11.9. The van der Waals surface area contributed by atoms with Gasteiger partial charge in [-0.25, -0.2) is 0 Å². The van der Waals surface area contributed by atoms with Crippen molar-refractivity contribution >= 4 is 26.8 Å². The number of pyridine rings is 1. The fourth-order valence-corrected chi connectivity index (χ4v) is 2.21. The van der Waals surface area contributed by atoms with Crippen LogP contribution in [0.2, 0.25) is 0 Å². The third-order valence-electron chi connectivity index (χ3n) is 3.09. The first-order valence-electron chi connectivity index (χ1n) is 5.63. The van der Waals surface area contributed by atoms with Gasteiger partial charge in [0.2, 0.25) is 0 Å². The Morgan fingerprint density at radius 2 is 2.18 bits per heavy atom. The van der Waals surface area contributed by atoms with Crippen LogP contribution in [0.5, 0.6) is 5.75 Å². The number of nitrogens with zero attached hydrogens (tertiary/aromatic N) is 1. The zero-order valence-corrected chi connectivity index (χ0v) is 10.9. The van der Waals surface area contributed by atoms with Crippen LogP contribution in [0.15, 0.2) is 34.9 Å². The lowest BCUT2D eigenvalue weighted by Crippen LogP contribution is -2.29. The van der Waals surface area contributed by atoms with E-state index in [1.807, 2.05) is 24.3 Å². The van der Waals surface area contributed by atoms with Crippen LogP contribution in [0.4, 0.5) is 0 Å². The van der Waals surface area contributed by atoms with E-state index in [1.54, 1.807) is 6.20 Å². The molecule has 3 nitrogen and oxygen atoms in total. The number of ether oxygens (including phenoxy) is 1. The molecule has 0 aliphatic heterocycles. The lowest BCUT2D eigenvalue weighted by molar-refractivity contribution is 0.282. The number of hydrogen-bond donors (Lipinski definition) is 1. The minimum atomic E-state index is -0.103. The van der Waals surface area contributed by atoms with Gasteiger partial charge in [-0.05, 0) is 31.0 Å². The molecule has 0 saturated heterocycles. The lowest BCUT2D eigenvalue weighted by atomic mass is 10.2. The zero-order valence-electron chi connectivity index (χ0n) is 9.32. The van der Waals surface area contributed by atoms with Gasteiger partial charge in [-0.3, -0.25) is 4.98 Å². The molecule has 88 valence electrons. The molecule has 2 N–H and O–H groups in total. The highest BCUT2D eigenvalue weighted by Crippen LogP contribution is 2.35. The molecule has 1 fully saturated rings. The van der Waals surface area contributed by atoms with Crippen LogP contribution in [-0.4, -0.2) is 17.1 Å². The van der Waals surface area contributed by atoms with Gasteiger partial charge >= 0.3 is 0 Å². The molecule has 3 rings (SSSR count). The molecule has 1 saturated carbocycles. The monoisotopic (exact) mass is 292 g/mol. The van der Waals surface area contributed by atoms with Crippen molar-refractivity contribution < 1.29 is 4.74 Å². The fourth-order valence-electron chi connectivity index (χ4n) is 1.75. The molecule has 0 atom stereocenters. The molecule has 0 spiro atoms. The number of aromatic nitrogens is 1. The van der Waals surface area contributed by atoms with Crippen molar-refractivity contribution in [2.75, 3.05) is 6.61 Å². The van der Waals surface area contributed by atoms with Gasteiger partial charge in [0.1, 0.15) is 17.9 Å². The number of hydrogen-bond acceptors (Lipinski definition) is 3. The van der Waals surface area contributed by atoms with E-state index < -0.39 is 0 Å². The number of benzene rings is 1. The number of halogens is 1. The van der Waals surface area contributed by atoms with Gasteiger partial charge in [-0.15, -0.1) is 0 Å². The van der Waals surface area contributed by atoms with Crippen molar-refractivity contribution in [1.82, 2.24) is 4.98 Å². The Kier molecular flexibility index (Phi) is 2.56. The topological polar surface area (TPSA) is 48.1 Å². The molecule has 1 aliphatic carbocycles. The van der Waals surface area contributed by atoms with Gasteiger partial charge in [0.25, 0.3) is 0 Å². The summed E-state index contributed by atoms with van der Waals surface area (Å²) < 4.78 is 6.82. The van der Waals surface area contributed by atoms with E-state index in [0.717, 1.165) is 34.0 Å². The molecule has 4 heteroatoms. The maximum atomic E-state index is 6.01. The molecular formula is C13H13BrN2O. The Balaban J connectivity index is 1.96. The fraction of sp³-hybridized carbons (Fsp3) is 0.308. The second kappa shape index (κ2) is 3.96. The minimum Gasteiger partial charge on any atom is -0.489 e. The molecule has 0 unspecified atom stereocenters. The van der Waals surface area contributed by atoms with Crippen molar-refractivity contribution in [1.29, 1.82) is 0 Å². The van der Waals surface area contributed by atoms with Gasteiger partial charge in [0, 0.05) is 16.1 Å². The maximum absolute atomic E-state index is 6.01. The van der Waals surface area contributed by atoms with Gasteiger partial charge in [-0.1, -0.05) is 22.0 Å². The van der Waals surface area contributed by atoms with E-state index in [0.29, 0.717) is 6.61 Å². The smallest absolute Gasteiger partial charge is 0.145 e. The Labute approximate surface area is 108 Å². The molecule has 1 aromatic carbocycles. The predicted octanol–water partition coefficient (Wildman–Crippen LogP) is 2.87. The number of fused-ring (bicyclic) bond motifs is 1. The summed E-state index contributed by atoms with van der Waals surface area (Å²) >= 11 is 3.51. The molecule has 1 aromatic heterocycles. The van der Waals surface area contributed by atoms with Crippen LogP contribution in [0.1, 0.15) is 12.8 Å². The molecule has 0 bridgehead atoms. The summed E-state index contributed by atoms with van der Waals surface area (Å²) in [5.74, 6) is 0.806. The summed E-state index contributed by atoms with van der Waals surface area (Å²) in [5.41, 5.74) is 6.79. The Hall–Kier alpha value is -1.13. The van der Waals surface area contributed by atoms with Gasteiger partial charge in [0.05, 0.1) is 5.54 Å². The highest BCUT2D eigenvalue weighted by molar-refractivity contribution is 9.10. The normalized spacial score (nSPS) is 17.1. The van der Waals surface area contributed by atoms with Crippen LogP contribution in [0.25, 0.3) is 10.9 Å². The minimum absolute atomic E-state index is 0.103. The summed E-state index contributed by atoms with van der Waals surface area (Å²) in [5, 5.41) is 1.06. The van der Waals surface area contributed by atoms with E-state index in [-0.39, 0.29) is 5.54 Å². The molecule has 0 radical (unpaired) electrons. The molecule has 1 heterocycles. The molecule has 0 amide bonds. The summed E-state index contributed by atoms with van der Waals surface area (Å²) in [7, 11) is 0. The summed E-state index contributed by atoms with van der Waals surface area (Å²) in [6.07, 6.45) is 3.88. The standard InChI is InChI=1S/C13H13BrN2O/c14-10-3-4-11(17-8-13(15)5-6-13)12-9(10)2-1-7-16-12/h1-4,7H,5-6,8,15H2. The maximum Gasteiger partial charge on any atom is 0.145 e. The molecule has 2 aromatic rings. The van der Waals surface area contributed by atoms with Crippen LogP contribution < -0.4 is 10.5 Å². The predicted molar refractivity (Wildman–Crippen MR) is 71.1 cm³/mol. The third-order valence-corrected chi connectivity index (χ3v) is 3.78. The SMILES string of the molecule is NC1(COc2ccc(Br)c3cccnc23)CC1. The van der Waals surface area contributed by atoms with Crippen LogP contribution in [0, 0.1) is 0 Å². The first-order valence-corrected chi connectivity index (χ1v) is 6.42.